The Kier molecular flexibility index (Phi) is 8.59. The Morgan fingerprint density at radius 1 is 1.10 bits per heavy atom. The van der Waals surface area contributed by atoms with Crippen LogP contribution in [0.4, 0.5) is 22.0 Å². The smallest absolute Gasteiger partial charge is 0.407 e. The van der Waals surface area contributed by atoms with Crippen molar-refractivity contribution in [2.75, 3.05) is 29.9 Å². The number of aryl methyl sites for hydroxylation is 3. The lowest BCUT2D eigenvalue weighted by Crippen LogP contribution is -2.40. The highest BCUT2D eigenvalue weighted by Gasteiger charge is 2.27. The maximum atomic E-state index is 13.9. The van der Waals surface area contributed by atoms with E-state index in [1.165, 1.54) is 0 Å². The van der Waals surface area contributed by atoms with Gasteiger partial charge in [0.2, 0.25) is 0 Å². The highest BCUT2D eigenvalue weighted by Crippen LogP contribution is 2.37. The molecule has 1 fully saturated rings. The number of ether oxygens (including phenoxy) is 1. The molecule has 0 bridgehead atoms. The Hall–Kier alpha value is -3.85. The van der Waals surface area contributed by atoms with Gasteiger partial charge in [0.15, 0.2) is 0 Å². The van der Waals surface area contributed by atoms with E-state index in [9.17, 15) is 9.59 Å². The monoisotopic (exact) mass is 572 g/mol. The number of benzene rings is 2. The molecule has 2 N–H and O–H groups in total. The Morgan fingerprint density at radius 3 is 2.57 bits per heavy atom. The van der Waals surface area contributed by atoms with Crippen molar-refractivity contribution in [1.82, 2.24) is 20.0 Å². The van der Waals surface area contributed by atoms with Gasteiger partial charge in [-0.25, -0.2) is 4.79 Å². The molecule has 2 aromatic carbocycles. The number of aromatic nitrogens is 2. The van der Waals surface area contributed by atoms with E-state index in [0.717, 1.165) is 78.3 Å². The van der Waals surface area contributed by atoms with E-state index in [1.807, 2.05) is 57.3 Å². The van der Waals surface area contributed by atoms with E-state index in [0.29, 0.717) is 24.1 Å². The summed E-state index contributed by atoms with van der Waals surface area (Å²) in [6.07, 6.45) is 4.25. The second-order valence-electron chi connectivity index (χ2n) is 12.9. The summed E-state index contributed by atoms with van der Waals surface area (Å²) in [4.78, 5) is 30.7. The van der Waals surface area contributed by atoms with Gasteiger partial charge in [0.05, 0.1) is 24.1 Å². The summed E-state index contributed by atoms with van der Waals surface area (Å²) >= 11 is 0. The largest absolute Gasteiger partial charge is 0.446 e. The maximum absolute atomic E-state index is 13.9. The molecule has 3 aromatic rings. The first-order valence-corrected chi connectivity index (χ1v) is 14.9. The van der Waals surface area contributed by atoms with Gasteiger partial charge in [-0.05, 0) is 86.0 Å². The van der Waals surface area contributed by atoms with E-state index in [4.69, 9.17) is 4.74 Å². The lowest BCUT2D eigenvalue weighted by molar-refractivity contribution is 0.0479. The molecule has 0 spiro atoms. The second-order valence-corrected chi connectivity index (χ2v) is 12.9. The van der Waals surface area contributed by atoms with E-state index >= 15 is 0 Å². The van der Waals surface area contributed by atoms with Crippen molar-refractivity contribution in [3.63, 3.8) is 0 Å². The van der Waals surface area contributed by atoms with Crippen molar-refractivity contribution in [1.29, 1.82) is 0 Å². The van der Waals surface area contributed by atoms with Gasteiger partial charge in [0, 0.05) is 37.8 Å². The summed E-state index contributed by atoms with van der Waals surface area (Å²) in [5, 5.41) is 10.8. The van der Waals surface area contributed by atoms with Crippen molar-refractivity contribution >= 4 is 29.2 Å². The summed E-state index contributed by atoms with van der Waals surface area (Å²) in [7, 11) is 1.89. The first-order valence-electron chi connectivity index (χ1n) is 14.9. The zero-order valence-corrected chi connectivity index (χ0v) is 25.8. The van der Waals surface area contributed by atoms with Gasteiger partial charge in [-0.2, -0.15) is 5.10 Å². The number of amides is 2. The molecule has 0 radical (unpaired) electrons. The van der Waals surface area contributed by atoms with Crippen molar-refractivity contribution in [3.8, 4) is 0 Å². The predicted molar refractivity (Wildman–Crippen MR) is 166 cm³/mol. The molecule has 9 nitrogen and oxygen atoms in total. The fourth-order valence-corrected chi connectivity index (χ4v) is 5.60. The molecule has 224 valence electrons. The average molecular weight is 573 g/mol. The summed E-state index contributed by atoms with van der Waals surface area (Å²) in [6.45, 7) is 14.6. The van der Waals surface area contributed by atoms with Crippen LogP contribution in [0.25, 0.3) is 0 Å². The Bertz CT molecular complexity index is 1450. The molecule has 0 aliphatic carbocycles. The van der Waals surface area contributed by atoms with Crippen LogP contribution < -0.4 is 15.5 Å². The van der Waals surface area contributed by atoms with E-state index in [1.54, 1.807) is 15.8 Å². The number of fused-ring (bicyclic) bond motifs is 2. The van der Waals surface area contributed by atoms with Crippen LogP contribution in [0.3, 0.4) is 0 Å². The molecule has 2 amide bonds. The van der Waals surface area contributed by atoms with Gasteiger partial charge in [-0.1, -0.05) is 32.9 Å². The lowest BCUT2D eigenvalue weighted by Gasteiger charge is -2.33. The third-order valence-electron chi connectivity index (χ3n) is 8.28. The number of nitrogens with one attached hydrogen (secondary N) is 2. The molecule has 0 unspecified atom stereocenters. The number of anilines is 3. The van der Waals surface area contributed by atoms with E-state index in [2.05, 4.69) is 41.4 Å². The number of hydrogen-bond donors (Lipinski definition) is 2. The summed E-state index contributed by atoms with van der Waals surface area (Å²) in [6, 6.07) is 11.7. The van der Waals surface area contributed by atoms with Crippen molar-refractivity contribution in [2.45, 2.75) is 73.1 Å². The van der Waals surface area contributed by atoms with Crippen molar-refractivity contribution in [3.05, 3.63) is 70.4 Å². The third-order valence-corrected chi connectivity index (χ3v) is 8.28. The van der Waals surface area contributed by atoms with Gasteiger partial charge in [-0.3, -0.25) is 9.48 Å². The quantitative estimate of drug-likeness (QED) is 0.373. The lowest BCUT2D eigenvalue weighted by atomic mass is 9.91. The highest BCUT2D eigenvalue weighted by atomic mass is 16.6. The third kappa shape index (κ3) is 6.95. The Balaban J connectivity index is 1.19. The first kappa shape index (κ1) is 29.6. The number of alkyl carbamates (subject to hydrolysis) is 1. The van der Waals surface area contributed by atoms with Gasteiger partial charge in [0.25, 0.3) is 5.91 Å². The minimum absolute atomic E-state index is 0.0490. The number of piperidine rings is 1. The number of nitrogens with zero attached hydrogens (tertiary/aromatic N) is 4. The zero-order valence-electron chi connectivity index (χ0n) is 25.8. The first-order chi connectivity index (χ1) is 20.0. The molecule has 1 saturated heterocycles. The van der Waals surface area contributed by atoms with Gasteiger partial charge >= 0.3 is 6.09 Å². The molecular weight excluding hydrogens is 528 g/mol. The topological polar surface area (TPSA) is 91.7 Å². The number of likely N-dealkylation sites (tertiary alicyclic amines) is 1. The van der Waals surface area contributed by atoms with Crippen LogP contribution in [-0.4, -0.2) is 52.4 Å². The molecule has 9 heteroatoms. The SMILES string of the molecule is Cc1ccc2c(c1)Nc1c(cnn1C)CN2C(=O)c1ccc(CNC(=O)OC2CCN(CCC(C)(C)C)CC2)c(C)c1. The molecule has 2 aliphatic heterocycles. The Labute approximate surface area is 249 Å². The highest BCUT2D eigenvalue weighted by molar-refractivity contribution is 6.08. The van der Waals surface area contributed by atoms with E-state index < -0.39 is 0 Å². The van der Waals surface area contributed by atoms with Crippen LogP contribution in [-0.2, 0) is 24.9 Å². The fourth-order valence-electron chi connectivity index (χ4n) is 5.60. The van der Waals surface area contributed by atoms with E-state index in [-0.39, 0.29) is 18.1 Å². The number of carbonyl (C=O) groups is 2. The fraction of sp³-hybridized carbons (Fsp3) is 0.485. The molecule has 3 heterocycles. The molecule has 42 heavy (non-hydrogen) atoms. The van der Waals surface area contributed by atoms with Crippen LogP contribution in [0.2, 0.25) is 0 Å². The molecule has 0 saturated carbocycles. The molecule has 0 atom stereocenters. The maximum Gasteiger partial charge on any atom is 0.407 e. The van der Waals surface area contributed by atoms with Gasteiger partial charge in [-0.15, -0.1) is 0 Å². The molecule has 2 aliphatic rings. The van der Waals surface area contributed by atoms with Crippen molar-refractivity contribution in [2.24, 2.45) is 12.5 Å². The standard InChI is InChI=1S/C33H44N6O3/c1-22-7-10-29-28(17-22)36-30-26(20-35-37(30)6)21-39(29)31(40)24-8-9-25(23(2)18-24)19-34-32(41)42-27-11-14-38(15-12-27)16-13-33(3,4)5/h7-10,17-18,20,27,36H,11-16,19,21H2,1-6H3,(H,34,41). The average Bonchev–Trinajstić information content (AvgIpc) is 3.19. The zero-order chi connectivity index (χ0) is 30.0. The van der Waals surface area contributed by atoms with Crippen LogP contribution in [0.1, 0.15) is 72.6 Å². The van der Waals surface area contributed by atoms with Crippen LogP contribution >= 0.6 is 0 Å². The number of rotatable bonds is 6. The predicted octanol–water partition coefficient (Wildman–Crippen LogP) is 6.07. The van der Waals surface area contributed by atoms with Crippen LogP contribution in [0.15, 0.2) is 42.6 Å². The second kappa shape index (κ2) is 12.2. The molecule has 1 aromatic heterocycles. The molecular formula is C33H44N6O3. The Morgan fingerprint density at radius 2 is 1.86 bits per heavy atom. The minimum atomic E-state index is -0.390. The van der Waals surface area contributed by atoms with Crippen LogP contribution in [0.5, 0.6) is 0 Å². The summed E-state index contributed by atoms with van der Waals surface area (Å²) in [5.41, 5.74) is 6.56. The number of hydrogen-bond acceptors (Lipinski definition) is 6. The van der Waals surface area contributed by atoms with Gasteiger partial charge in [0.1, 0.15) is 11.9 Å². The van der Waals surface area contributed by atoms with Crippen LogP contribution in [0, 0.1) is 19.3 Å². The minimum Gasteiger partial charge on any atom is -0.446 e. The normalized spacial score (nSPS) is 15.8. The summed E-state index contributed by atoms with van der Waals surface area (Å²) in [5.74, 6) is 0.794. The summed E-state index contributed by atoms with van der Waals surface area (Å²) < 4.78 is 7.52. The van der Waals surface area contributed by atoms with Gasteiger partial charge < -0.3 is 25.2 Å². The molecule has 5 rings (SSSR count). The van der Waals surface area contributed by atoms with Crippen molar-refractivity contribution < 1.29 is 14.3 Å². The number of carbonyl (C=O) groups excluding carboxylic acids is 2.